The van der Waals surface area contributed by atoms with Crippen LogP contribution in [0.3, 0.4) is 0 Å². The molecule has 1 amide bonds. The summed E-state index contributed by atoms with van der Waals surface area (Å²) >= 11 is 0. The van der Waals surface area contributed by atoms with Crippen LogP contribution in [0.5, 0.6) is 0 Å². The topological polar surface area (TPSA) is 95.9 Å². The lowest BCUT2D eigenvalue weighted by molar-refractivity contribution is -0.143. The van der Waals surface area contributed by atoms with Crippen LogP contribution in [0.4, 0.5) is 0 Å². The first-order valence-electron chi connectivity index (χ1n) is 28.1. The Balaban J connectivity index is 3.47. The molecule has 0 aromatic carbocycles. The summed E-state index contributed by atoms with van der Waals surface area (Å²) in [5.41, 5.74) is 0. The molecule has 0 saturated heterocycles. The molecule has 0 aromatic heterocycles. The molecule has 63 heavy (non-hydrogen) atoms. The lowest BCUT2D eigenvalue weighted by atomic mass is 10.0. The van der Waals surface area contributed by atoms with Gasteiger partial charge in [0.1, 0.15) is 0 Å². The van der Waals surface area contributed by atoms with Gasteiger partial charge in [-0.1, -0.05) is 256 Å². The first-order chi connectivity index (χ1) is 31.0. The van der Waals surface area contributed by atoms with Gasteiger partial charge < -0.3 is 20.3 Å². The Morgan fingerprint density at radius 1 is 0.429 bits per heavy atom. The standard InChI is InChI=1S/C57H109NO5/c1-3-5-7-9-11-13-15-17-23-26-29-33-37-41-45-49-55(60)54(53-59)58-56(61)50-46-42-38-34-30-27-24-21-19-18-20-22-25-28-32-36-40-44-48-52-63-57(62)51-47-43-39-35-31-16-14-12-10-8-6-4-2/h18-19,45,49,54-55,59-60H,3-17,20-44,46-48,50-53H2,1-2H3,(H,58,61)/b19-18-,49-45+. The number of amides is 1. The van der Waals surface area contributed by atoms with Crippen molar-refractivity contribution in [2.45, 2.75) is 315 Å². The van der Waals surface area contributed by atoms with Gasteiger partial charge in [0.05, 0.1) is 25.4 Å². The van der Waals surface area contributed by atoms with Gasteiger partial charge in [-0.2, -0.15) is 0 Å². The van der Waals surface area contributed by atoms with E-state index in [-0.39, 0.29) is 18.5 Å². The number of hydrogen-bond donors (Lipinski definition) is 3. The number of hydrogen-bond acceptors (Lipinski definition) is 5. The molecule has 2 atom stereocenters. The molecule has 0 saturated carbocycles. The summed E-state index contributed by atoms with van der Waals surface area (Å²) in [6.45, 7) is 4.90. The van der Waals surface area contributed by atoms with Gasteiger partial charge in [0.15, 0.2) is 0 Å². The molecule has 0 spiro atoms. The summed E-state index contributed by atoms with van der Waals surface area (Å²) in [6, 6.07) is -0.634. The first-order valence-corrected chi connectivity index (χ1v) is 28.1. The minimum absolute atomic E-state index is 0.00382. The number of aliphatic hydroxyl groups is 2. The van der Waals surface area contributed by atoms with E-state index >= 15 is 0 Å². The molecular weight excluding hydrogens is 779 g/mol. The van der Waals surface area contributed by atoms with E-state index in [1.54, 1.807) is 6.08 Å². The molecule has 0 radical (unpaired) electrons. The molecule has 0 rings (SSSR count). The number of carbonyl (C=O) groups is 2. The SMILES string of the molecule is CCCCCCCCCCCCCCC/C=C/C(O)C(CO)NC(=O)CCCCCCCCC/C=C\CCCCCCCCCCOC(=O)CCCCCCCCCCCCCC. The third-order valence-electron chi connectivity index (χ3n) is 13.0. The predicted molar refractivity (Wildman–Crippen MR) is 273 cm³/mol. The quantitative estimate of drug-likeness (QED) is 0.0321. The van der Waals surface area contributed by atoms with Crippen LogP contribution in [-0.2, 0) is 14.3 Å². The van der Waals surface area contributed by atoms with Crippen LogP contribution in [0.15, 0.2) is 24.3 Å². The third kappa shape index (κ3) is 49.6. The molecule has 6 nitrogen and oxygen atoms in total. The average molecular weight is 889 g/mol. The van der Waals surface area contributed by atoms with Crippen molar-refractivity contribution in [2.75, 3.05) is 13.2 Å². The molecule has 2 unspecified atom stereocenters. The Kier molecular flexibility index (Phi) is 51.6. The molecule has 0 aliphatic carbocycles. The average Bonchev–Trinajstić information content (AvgIpc) is 3.28. The van der Waals surface area contributed by atoms with E-state index < -0.39 is 12.1 Å². The van der Waals surface area contributed by atoms with Crippen LogP contribution >= 0.6 is 0 Å². The van der Waals surface area contributed by atoms with E-state index in [1.165, 1.54) is 225 Å². The molecule has 6 heteroatoms. The molecule has 0 bridgehead atoms. The van der Waals surface area contributed by atoms with Crippen LogP contribution < -0.4 is 5.32 Å². The highest BCUT2D eigenvalue weighted by Gasteiger charge is 2.18. The summed E-state index contributed by atoms with van der Waals surface area (Å²) in [5.74, 6) is -0.0728. The fourth-order valence-electron chi connectivity index (χ4n) is 8.63. The number of aliphatic hydroxyl groups excluding tert-OH is 2. The molecule has 0 aliphatic rings. The van der Waals surface area contributed by atoms with Crippen LogP contribution in [0, 0.1) is 0 Å². The van der Waals surface area contributed by atoms with Gasteiger partial charge in [0.2, 0.25) is 5.91 Å². The summed E-state index contributed by atoms with van der Waals surface area (Å²) in [4.78, 5) is 24.4. The number of carbonyl (C=O) groups excluding carboxylic acids is 2. The van der Waals surface area contributed by atoms with Gasteiger partial charge in [-0.15, -0.1) is 0 Å². The summed E-state index contributed by atoms with van der Waals surface area (Å²) in [7, 11) is 0. The largest absolute Gasteiger partial charge is 0.466 e. The number of ether oxygens (including phenoxy) is 1. The van der Waals surface area contributed by atoms with Crippen LogP contribution in [0.1, 0.15) is 303 Å². The maximum atomic E-state index is 12.4. The Hall–Kier alpha value is -1.66. The number of rotatable bonds is 52. The minimum atomic E-state index is -0.850. The van der Waals surface area contributed by atoms with Crippen molar-refractivity contribution in [3.05, 3.63) is 24.3 Å². The zero-order valence-corrected chi connectivity index (χ0v) is 42.3. The number of esters is 1. The van der Waals surface area contributed by atoms with Crippen LogP contribution in [0.25, 0.3) is 0 Å². The van der Waals surface area contributed by atoms with E-state index in [4.69, 9.17) is 4.74 Å². The Morgan fingerprint density at radius 2 is 0.746 bits per heavy atom. The summed E-state index contributed by atoms with van der Waals surface area (Å²) in [5, 5.41) is 23.1. The van der Waals surface area contributed by atoms with Gasteiger partial charge >= 0.3 is 5.97 Å². The van der Waals surface area contributed by atoms with Gasteiger partial charge in [-0.05, 0) is 57.8 Å². The van der Waals surface area contributed by atoms with Crippen molar-refractivity contribution in [3.63, 3.8) is 0 Å². The van der Waals surface area contributed by atoms with Gasteiger partial charge in [-0.25, -0.2) is 0 Å². The zero-order valence-electron chi connectivity index (χ0n) is 42.3. The lowest BCUT2D eigenvalue weighted by Crippen LogP contribution is -2.45. The Morgan fingerprint density at radius 3 is 1.13 bits per heavy atom. The van der Waals surface area contributed by atoms with E-state index in [1.807, 2.05) is 6.08 Å². The normalized spacial score (nSPS) is 12.8. The Bertz CT molecular complexity index is 982. The van der Waals surface area contributed by atoms with Crippen molar-refractivity contribution in [2.24, 2.45) is 0 Å². The predicted octanol–water partition coefficient (Wildman–Crippen LogP) is 17.1. The monoisotopic (exact) mass is 888 g/mol. The van der Waals surface area contributed by atoms with Crippen LogP contribution in [-0.4, -0.2) is 47.4 Å². The van der Waals surface area contributed by atoms with E-state index in [0.717, 1.165) is 51.4 Å². The fraction of sp³-hybridized carbons (Fsp3) is 0.895. The van der Waals surface area contributed by atoms with E-state index in [2.05, 4.69) is 31.3 Å². The first kappa shape index (κ1) is 61.3. The highest BCUT2D eigenvalue weighted by molar-refractivity contribution is 5.76. The summed E-state index contributed by atoms with van der Waals surface area (Å²) in [6.07, 6.45) is 63.3. The number of unbranched alkanes of at least 4 members (excludes halogenated alkanes) is 39. The highest BCUT2D eigenvalue weighted by atomic mass is 16.5. The van der Waals surface area contributed by atoms with Gasteiger partial charge in [0.25, 0.3) is 0 Å². The van der Waals surface area contributed by atoms with Crippen molar-refractivity contribution >= 4 is 11.9 Å². The molecule has 0 aliphatic heterocycles. The molecular formula is C57H109NO5. The van der Waals surface area contributed by atoms with Crippen molar-refractivity contribution in [1.82, 2.24) is 5.32 Å². The van der Waals surface area contributed by atoms with Gasteiger partial charge in [-0.3, -0.25) is 9.59 Å². The highest BCUT2D eigenvalue weighted by Crippen LogP contribution is 2.16. The van der Waals surface area contributed by atoms with Crippen molar-refractivity contribution in [1.29, 1.82) is 0 Å². The maximum Gasteiger partial charge on any atom is 0.305 e. The minimum Gasteiger partial charge on any atom is -0.466 e. The van der Waals surface area contributed by atoms with Gasteiger partial charge in [0, 0.05) is 12.8 Å². The number of allylic oxidation sites excluding steroid dienone is 3. The molecule has 0 fully saturated rings. The summed E-state index contributed by atoms with van der Waals surface area (Å²) < 4.78 is 5.46. The van der Waals surface area contributed by atoms with Crippen molar-refractivity contribution < 1.29 is 24.5 Å². The van der Waals surface area contributed by atoms with Crippen molar-refractivity contribution in [3.8, 4) is 0 Å². The van der Waals surface area contributed by atoms with Crippen LogP contribution in [0.2, 0.25) is 0 Å². The van der Waals surface area contributed by atoms with E-state index in [9.17, 15) is 19.8 Å². The fourth-order valence-corrected chi connectivity index (χ4v) is 8.63. The smallest absolute Gasteiger partial charge is 0.305 e. The third-order valence-corrected chi connectivity index (χ3v) is 13.0. The van der Waals surface area contributed by atoms with E-state index in [0.29, 0.717) is 19.4 Å². The molecule has 372 valence electrons. The molecule has 0 aromatic rings. The second kappa shape index (κ2) is 53.0. The molecule has 3 N–H and O–H groups in total. The lowest BCUT2D eigenvalue weighted by Gasteiger charge is -2.20. The second-order valence-corrected chi connectivity index (χ2v) is 19.3. The zero-order chi connectivity index (χ0) is 45.8. The number of nitrogens with one attached hydrogen (secondary N) is 1. The Labute approximate surface area is 392 Å². The molecule has 0 heterocycles. The maximum absolute atomic E-state index is 12.4. The second-order valence-electron chi connectivity index (χ2n) is 19.3.